The second kappa shape index (κ2) is 5.20. The average molecular weight is 254 g/mol. The second-order valence-electron chi connectivity index (χ2n) is 6.32. The molecule has 5 unspecified atom stereocenters. The smallest absolute Gasteiger partial charge is 0.310 e. The van der Waals surface area contributed by atoms with Crippen molar-refractivity contribution in [3.05, 3.63) is 0 Å². The molecule has 1 heterocycles. The molecule has 18 heavy (non-hydrogen) atoms. The summed E-state index contributed by atoms with van der Waals surface area (Å²) in [6, 6.07) is 0. The quantitative estimate of drug-likeness (QED) is 0.583. The minimum Gasteiger partial charge on any atom is -0.481 e. The molecule has 1 saturated heterocycles. The van der Waals surface area contributed by atoms with Crippen LogP contribution in [0.3, 0.4) is 0 Å². The monoisotopic (exact) mass is 254 g/mol. The lowest BCUT2D eigenvalue weighted by Gasteiger charge is -2.41. The van der Waals surface area contributed by atoms with Gasteiger partial charge in [-0.05, 0) is 25.7 Å². The Bertz CT molecular complexity index is 315. The van der Waals surface area contributed by atoms with Crippen LogP contribution in [-0.4, -0.2) is 23.3 Å². The molecule has 0 bridgehead atoms. The van der Waals surface area contributed by atoms with Gasteiger partial charge in [-0.2, -0.15) is 0 Å². The first kappa shape index (κ1) is 13.9. The topological polar surface area (TPSA) is 49.8 Å². The molecule has 2 aliphatic rings. The maximum Gasteiger partial charge on any atom is 0.310 e. The van der Waals surface area contributed by atoms with E-state index in [1.807, 2.05) is 6.92 Å². The van der Waals surface area contributed by atoms with E-state index in [0.29, 0.717) is 6.10 Å². The Balaban J connectivity index is 2.01. The molecular formula is C15H26O3. The number of hydrogen-bond acceptors (Lipinski definition) is 2. The molecule has 2 fully saturated rings. The molecule has 2 rings (SSSR count). The number of fused-ring (bicyclic) bond motifs is 1. The van der Waals surface area contributed by atoms with E-state index in [1.54, 1.807) is 0 Å². The van der Waals surface area contributed by atoms with Crippen LogP contribution < -0.4 is 0 Å². The SMILES string of the molecule is CCCCCCC1C2OC2CC(C)C1(C)C(=O)O. The Labute approximate surface area is 110 Å². The van der Waals surface area contributed by atoms with Gasteiger partial charge >= 0.3 is 5.97 Å². The molecule has 3 nitrogen and oxygen atoms in total. The third kappa shape index (κ3) is 2.29. The standard InChI is InChI=1S/C15H26O3/c1-4-5-6-7-8-11-13-12(18-13)9-10(2)15(11,3)14(16)17/h10-13H,4-9H2,1-3H3,(H,16,17). The van der Waals surface area contributed by atoms with Crippen LogP contribution in [0.1, 0.15) is 59.3 Å². The number of carboxylic acid groups (broad SMARTS) is 1. The number of aliphatic carboxylic acids is 1. The van der Waals surface area contributed by atoms with Crippen molar-refractivity contribution in [2.24, 2.45) is 17.3 Å². The number of rotatable bonds is 6. The van der Waals surface area contributed by atoms with Crippen LogP contribution in [0.2, 0.25) is 0 Å². The predicted molar refractivity (Wildman–Crippen MR) is 70.4 cm³/mol. The molecule has 0 aromatic rings. The van der Waals surface area contributed by atoms with Crippen molar-refractivity contribution < 1.29 is 14.6 Å². The zero-order valence-corrected chi connectivity index (χ0v) is 11.8. The molecule has 0 spiro atoms. The van der Waals surface area contributed by atoms with E-state index in [0.717, 1.165) is 19.3 Å². The van der Waals surface area contributed by atoms with Gasteiger partial charge in [-0.25, -0.2) is 0 Å². The van der Waals surface area contributed by atoms with Gasteiger partial charge in [0.05, 0.1) is 17.6 Å². The van der Waals surface area contributed by atoms with Crippen LogP contribution in [0.15, 0.2) is 0 Å². The fraction of sp³-hybridized carbons (Fsp3) is 0.933. The molecule has 104 valence electrons. The van der Waals surface area contributed by atoms with Crippen LogP contribution in [0.25, 0.3) is 0 Å². The molecule has 1 N–H and O–H groups in total. The van der Waals surface area contributed by atoms with Gasteiger partial charge in [0.1, 0.15) is 0 Å². The lowest BCUT2D eigenvalue weighted by Crippen LogP contribution is -2.47. The molecule has 0 aromatic heterocycles. The van der Waals surface area contributed by atoms with E-state index in [2.05, 4.69) is 13.8 Å². The van der Waals surface area contributed by atoms with E-state index >= 15 is 0 Å². The van der Waals surface area contributed by atoms with Gasteiger partial charge in [-0.15, -0.1) is 0 Å². The third-order valence-electron chi connectivity index (χ3n) is 5.23. The Kier molecular flexibility index (Phi) is 4.00. The summed E-state index contributed by atoms with van der Waals surface area (Å²) in [6.07, 6.45) is 7.33. The second-order valence-corrected chi connectivity index (χ2v) is 6.32. The van der Waals surface area contributed by atoms with Crippen LogP contribution in [0.4, 0.5) is 0 Å². The van der Waals surface area contributed by atoms with E-state index in [1.165, 1.54) is 19.3 Å². The normalized spacial score (nSPS) is 42.4. The fourth-order valence-electron chi connectivity index (χ4n) is 3.62. The van der Waals surface area contributed by atoms with Gasteiger partial charge in [-0.1, -0.05) is 39.5 Å². The lowest BCUT2D eigenvalue weighted by molar-refractivity contribution is -0.157. The van der Waals surface area contributed by atoms with E-state index < -0.39 is 11.4 Å². The van der Waals surface area contributed by atoms with Gasteiger partial charge in [0.25, 0.3) is 0 Å². The number of epoxide rings is 1. The Hall–Kier alpha value is -0.570. The molecule has 1 saturated carbocycles. The van der Waals surface area contributed by atoms with Crippen molar-refractivity contribution in [3.8, 4) is 0 Å². The van der Waals surface area contributed by atoms with Gasteiger partial charge < -0.3 is 9.84 Å². The minimum absolute atomic E-state index is 0.209. The Morgan fingerprint density at radius 3 is 2.72 bits per heavy atom. The molecule has 5 atom stereocenters. The van der Waals surface area contributed by atoms with Crippen LogP contribution >= 0.6 is 0 Å². The lowest BCUT2D eigenvalue weighted by atomic mass is 9.60. The van der Waals surface area contributed by atoms with E-state index in [9.17, 15) is 9.90 Å². The van der Waals surface area contributed by atoms with Gasteiger partial charge in [0.15, 0.2) is 0 Å². The average Bonchev–Trinajstić information content (AvgIpc) is 3.06. The number of unbranched alkanes of at least 4 members (excludes halogenated alkanes) is 3. The van der Waals surface area contributed by atoms with Crippen molar-refractivity contribution in [3.63, 3.8) is 0 Å². The highest BCUT2D eigenvalue weighted by atomic mass is 16.6. The zero-order valence-electron chi connectivity index (χ0n) is 11.8. The number of ether oxygens (including phenoxy) is 1. The van der Waals surface area contributed by atoms with Gasteiger partial charge in [0.2, 0.25) is 0 Å². The van der Waals surface area contributed by atoms with E-state index in [4.69, 9.17) is 4.74 Å². The summed E-state index contributed by atoms with van der Waals surface area (Å²) in [5, 5.41) is 9.62. The predicted octanol–water partition coefficient (Wildman–Crippen LogP) is 3.47. The Morgan fingerprint density at radius 1 is 1.39 bits per heavy atom. The summed E-state index contributed by atoms with van der Waals surface area (Å²) in [5.41, 5.74) is -0.593. The Morgan fingerprint density at radius 2 is 2.11 bits per heavy atom. The van der Waals surface area contributed by atoms with Gasteiger partial charge in [0, 0.05) is 5.92 Å². The molecule has 1 aliphatic heterocycles. The van der Waals surface area contributed by atoms with Crippen molar-refractivity contribution in [2.45, 2.75) is 71.5 Å². The first-order valence-electron chi connectivity index (χ1n) is 7.40. The van der Waals surface area contributed by atoms with Crippen molar-refractivity contribution >= 4 is 5.97 Å². The highest BCUT2D eigenvalue weighted by Gasteiger charge is 2.61. The summed E-state index contributed by atoms with van der Waals surface area (Å²) in [4.78, 5) is 11.7. The largest absolute Gasteiger partial charge is 0.481 e. The number of hydrogen-bond donors (Lipinski definition) is 1. The van der Waals surface area contributed by atoms with Crippen molar-refractivity contribution in [1.82, 2.24) is 0 Å². The zero-order chi connectivity index (χ0) is 13.3. The summed E-state index contributed by atoms with van der Waals surface area (Å²) in [5.74, 6) is -0.208. The minimum atomic E-state index is -0.635. The summed E-state index contributed by atoms with van der Waals surface area (Å²) >= 11 is 0. The fourth-order valence-corrected chi connectivity index (χ4v) is 3.62. The van der Waals surface area contributed by atoms with Crippen LogP contribution in [0.5, 0.6) is 0 Å². The van der Waals surface area contributed by atoms with E-state index in [-0.39, 0.29) is 17.9 Å². The maximum atomic E-state index is 11.7. The summed E-state index contributed by atoms with van der Waals surface area (Å²) < 4.78 is 5.70. The third-order valence-corrected chi connectivity index (χ3v) is 5.23. The molecular weight excluding hydrogens is 228 g/mol. The molecule has 0 amide bonds. The highest BCUT2D eigenvalue weighted by molar-refractivity contribution is 5.75. The van der Waals surface area contributed by atoms with Crippen molar-refractivity contribution in [2.75, 3.05) is 0 Å². The highest BCUT2D eigenvalue weighted by Crippen LogP contribution is 2.55. The van der Waals surface area contributed by atoms with Crippen molar-refractivity contribution in [1.29, 1.82) is 0 Å². The maximum absolute atomic E-state index is 11.7. The molecule has 3 heteroatoms. The van der Waals surface area contributed by atoms with Gasteiger partial charge in [-0.3, -0.25) is 4.79 Å². The first-order valence-corrected chi connectivity index (χ1v) is 7.40. The number of carboxylic acids is 1. The van der Waals surface area contributed by atoms with Crippen LogP contribution in [-0.2, 0) is 9.53 Å². The molecule has 0 radical (unpaired) electrons. The first-order chi connectivity index (χ1) is 8.51. The summed E-state index contributed by atoms with van der Waals surface area (Å²) in [7, 11) is 0. The van der Waals surface area contributed by atoms with Crippen LogP contribution in [0, 0.1) is 17.3 Å². The molecule has 1 aliphatic carbocycles. The number of carbonyl (C=O) groups is 1. The summed E-state index contributed by atoms with van der Waals surface area (Å²) in [6.45, 7) is 6.21. The molecule has 0 aromatic carbocycles.